The van der Waals surface area contributed by atoms with E-state index in [2.05, 4.69) is 27.4 Å². The molecule has 1 N–H and O–H groups in total. The fourth-order valence-corrected chi connectivity index (χ4v) is 2.96. The average Bonchev–Trinajstić information content (AvgIpc) is 3.20. The minimum absolute atomic E-state index is 0.103. The highest BCUT2D eigenvalue weighted by Gasteiger charge is 2.32. The molecule has 0 unspecified atom stereocenters. The summed E-state index contributed by atoms with van der Waals surface area (Å²) < 4.78 is 0. The first-order valence-electron chi connectivity index (χ1n) is 7.51. The second-order valence-electron chi connectivity index (χ2n) is 6.07. The molecule has 1 saturated carbocycles. The maximum absolute atomic E-state index is 12.6. The summed E-state index contributed by atoms with van der Waals surface area (Å²) in [4.78, 5) is 16.8. The summed E-state index contributed by atoms with van der Waals surface area (Å²) >= 11 is 0. The van der Waals surface area contributed by atoms with Crippen molar-refractivity contribution >= 4 is 5.91 Å². The molecule has 3 rings (SSSR count). The number of rotatable bonds is 5. The van der Waals surface area contributed by atoms with Crippen molar-refractivity contribution in [3.63, 3.8) is 0 Å². The number of aryl methyl sites for hydroxylation is 1. The molecular weight excluding hydrogens is 254 g/mol. The van der Waals surface area contributed by atoms with E-state index in [0.717, 1.165) is 49.8 Å². The molecule has 1 aromatic rings. The van der Waals surface area contributed by atoms with Crippen molar-refractivity contribution in [1.82, 2.24) is 25.2 Å². The molecule has 0 aromatic carbocycles. The van der Waals surface area contributed by atoms with Crippen LogP contribution in [0.25, 0.3) is 0 Å². The zero-order valence-corrected chi connectivity index (χ0v) is 12.3. The molecule has 1 heterocycles. The Kier molecular flexibility index (Phi) is 3.74. The second-order valence-corrected chi connectivity index (χ2v) is 6.07. The maximum atomic E-state index is 12.6. The van der Waals surface area contributed by atoms with Gasteiger partial charge in [-0.15, -0.1) is 0 Å². The average molecular weight is 277 g/mol. The Morgan fingerprint density at radius 1 is 1.25 bits per heavy atom. The molecule has 20 heavy (non-hydrogen) atoms. The third kappa shape index (κ3) is 2.70. The quantitative estimate of drug-likeness (QED) is 0.863. The highest BCUT2D eigenvalue weighted by Crippen LogP contribution is 2.30. The third-order valence-electron chi connectivity index (χ3n) is 4.52. The normalized spacial score (nSPS) is 21.9. The first-order chi connectivity index (χ1) is 9.66. The van der Waals surface area contributed by atoms with E-state index in [0.29, 0.717) is 0 Å². The van der Waals surface area contributed by atoms with Crippen LogP contribution in [0.15, 0.2) is 0 Å². The molecule has 0 spiro atoms. The van der Waals surface area contributed by atoms with Gasteiger partial charge in [-0.2, -0.15) is 15.4 Å². The number of nitrogens with zero attached hydrogens (tertiary/aromatic N) is 4. The van der Waals surface area contributed by atoms with Gasteiger partial charge in [0.05, 0.1) is 17.3 Å². The Morgan fingerprint density at radius 2 is 2.05 bits per heavy atom. The van der Waals surface area contributed by atoms with E-state index >= 15 is 0 Å². The monoisotopic (exact) mass is 277 g/mol. The van der Waals surface area contributed by atoms with Gasteiger partial charge in [-0.25, -0.2) is 0 Å². The highest BCUT2D eigenvalue weighted by molar-refractivity contribution is 5.83. The molecule has 1 atom stereocenters. The molecule has 0 aliphatic heterocycles. The molecule has 1 aromatic heterocycles. The Morgan fingerprint density at radius 3 is 2.80 bits per heavy atom. The molecule has 6 nitrogen and oxygen atoms in total. The van der Waals surface area contributed by atoms with Crippen LogP contribution in [-0.4, -0.2) is 64.3 Å². The van der Waals surface area contributed by atoms with Gasteiger partial charge in [0.25, 0.3) is 0 Å². The molecule has 1 fully saturated rings. The summed E-state index contributed by atoms with van der Waals surface area (Å²) in [5.74, 6) is 0.0813. The number of likely N-dealkylation sites (N-methyl/N-ethyl adjacent to an activating group) is 2. The van der Waals surface area contributed by atoms with Crippen molar-refractivity contribution < 1.29 is 4.79 Å². The summed E-state index contributed by atoms with van der Waals surface area (Å²) in [5.41, 5.74) is 1.83. The molecule has 0 saturated heterocycles. The summed E-state index contributed by atoms with van der Waals surface area (Å²) in [5, 5.41) is 11.0. The van der Waals surface area contributed by atoms with Crippen molar-refractivity contribution in [1.29, 1.82) is 0 Å². The lowest BCUT2D eigenvalue weighted by Gasteiger charge is -2.27. The number of amides is 1. The SMILES string of the molecule is CN(CCN(C)C1CC1)C(=O)[C@@H]1CCCc2n[nH]nc21. The van der Waals surface area contributed by atoms with Crippen LogP contribution < -0.4 is 0 Å². The molecule has 0 radical (unpaired) electrons. The molecule has 0 bridgehead atoms. The highest BCUT2D eigenvalue weighted by atomic mass is 16.2. The fourth-order valence-electron chi connectivity index (χ4n) is 2.96. The Hall–Kier alpha value is -1.43. The minimum atomic E-state index is -0.103. The van der Waals surface area contributed by atoms with Crippen LogP contribution in [0.2, 0.25) is 0 Å². The summed E-state index contributed by atoms with van der Waals surface area (Å²) in [6.07, 6.45) is 5.45. The van der Waals surface area contributed by atoms with E-state index < -0.39 is 0 Å². The van der Waals surface area contributed by atoms with Crippen LogP contribution in [-0.2, 0) is 11.2 Å². The van der Waals surface area contributed by atoms with Crippen molar-refractivity contribution in [3.05, 3.63) is 11.4 Å². The van der Waals surface area contributed by atoms with Gasteiger partial charge >= 0.3 is 0 Å². The third-order valence-corrected chi connectivity index (χ3v) is 4.52. The Balaban J connectivity index is 1.58. The summed E-state index contributed by atoms with van der Waals surface area (Å²) in [6, 6.07) is 0.746. The topological polar surface area (TPSA) is 65.1 Å². The maximum Gasteiger partial charge on any atom is 0.231 e. The van der Waals surface area contributed by atoms with Gasteiger partial charge < -0.3 is 9.80 Å². The van der Waals surface area contributed by atoms with Gasteiger partial charge in [-0.3, -0.25) is 4.79 Å². The number of hydrogen-bond donors (Lipinski definition) is 1. The first kappa shape index (κ1) is 13.5. The number of fused-ring (bicyclic) bond motifs is 1. The van der Waals surface area contributed by atoms with E-state index in [1.807, 2.05) is 11.9 Å². The lowest BCUT2D eigenvalue weighted by molar-refractivity contribution is -0.132. The minimum Gasteiger partial charge on any atom is -0.344 e. The number of carbonyl (C=O) groups is 1. The van der Waals surface area contributed by atoms with Crippen LogP contribution in [0.3, 0.4) is 0 Å². The second kappa shape index (κ2) is 5.52. The number of nitrogens with one attached hydrogen (secondary N) is 1. The van der Waals surface area contributed by atoms with Crippen LogP contribution in [0.5, 0.6) is 0 Å². The van der Waals surface area contributed by atoms with Crippen LogP contribution in [0.1, 0.15) is 43.0 Å². The van der Waals surface area contributed by atoms with Crippen molar-refractivity contribution in [2.75, 3.05) is 27.2 Å². The van der Waals surface area contributed by atoms with Crippen molar-refractivity contribution in [2.24, 2.45) is 0 Å². The summed E-state index contributed by atoms with van der Waals surface area (Å²) in [6.45, 7) is 1.74. The zero-order chi connectivity index (χ0) is 14.1. The smallest absolute Gasteiger partial charge is 0.231 e. The lowest BCUT2D eigenvalue weighted by atomic mass is 9.89. The van der Waals surface area contributed by atoms with Gasteiger partial charge in [-0.1, -0.05) is 0 Å². The molecule has 110 valence electrons. The van der Waals surface area contributed by atoms with Gasteiger partial charge in [0, 0.05) is 26.2 Å². The van der Waals surface area contributed by atoms with Gasteiger partial charge in [0.15, 0.2) is 0 Å². The van der Waals surface area contributed by atoms with E-state index in [9.17, 15) is 4.79 Å². The zero-order valence-electron chi connectivity index (χ0n) is 12.3. The summed E-state index contributed by atoms with van der Waals surface area (Å²) in [7, 11) is 4.05. The first-order valence-corrected chi connectivity index (χ1v) is 7.51. The largest absolute Gasteiger partial charge is 0.344 e. The van der Waals surface area contributed by atoms with Crippen LogP contribution in [0.4, 0.5) is 0 Å². The molecular formula is C14H23N5O. The number of aromatic amines is 1. The number of carbonyl (C=O) groups excluding carboxylic acids is 1. The predicted octanol–water partition coefficient (Wildman–Crippen LogP) is 0.777. The van der Waals surface area contributed by atoms with Gasteiger partial charge in [0.1, 0.15) is 0 Å². The van der Waals surface area contributed by atoms with E-state index in [1.165, 1.54) is 12.8 Å². The van der Waals surface area contributed by atoms with Gasteiger partial charge in [0.2, 0.25) is 5.91 Å². The van der Waals surface area contributed by atoms with Crippen molar-refractivity contribution in [2.45, 2.75) is 44.1 Å². The van der Waals surface area contributed by atoms with Crippen molar-refractivity contribution in [3.8, 4) is 0 Å². The fraction of sp³-hybridized carbons (Fsp3) is 0.786. The van der Waals surface area contributed by atoms with E-state index in [-0.39, 0.29) is 11.8 Å². The van der Waals surface area contributed by atoms with E-state index in [1.54, 1.807) is 0 Å². The molecule has 2 aliphatic carbocycles. The lowest BCUT2D eigenvalue weighted by Crippen LogP contribution is -2.38. The molecule has 6 heteroatoms. The molecule has 2 aliphatic rings. The van der Waals surface area contributed by atoms with Gasteiger partial charge in [-0.05, 0) is 39.2 Å². The van der Waals surface area contributed by atoms with E-state index in [4.69, 9.17) is 0 Å². The number of H-pyrrole nitrogens is 1. The Labute approximate surface area is 119 Å². The Bertz CT molecular complexity index is 482. The standard InChI is InChI=1S/C14H23N5O/c1-18(10-6-7-10)8-9-19(2)14(20)11-4-3-5-12-13(11)16-17-15-12/h10-11H,3-9H2,1-2H3,(H,15,16,17)/t11-/m1/s1. The van der Waals surface area contributed by atoms with Crippen LogP contribution in [0, 0.1) is 0 Å². The molecule has 1 amide bonds. The number of hydrogen-bond acceptors (Lipinski definition) is 4. The predicted molar refractivity (Wildman–Crippen MR) is 75.4 cm³/mol. The number of aromatic nitrogens is 3. The van der Waals surface area contributed by atoms with Crippen LogP contribution >= 0.6 is 0 Å².